The van der Waals surface area contributed by atoms with Crippen LogP contribution in [0, 0.1) is 11.8 Å². The molecule has 1 heteroatoms. The Balaban J connectivity index is 1.99. The fourth-order valence-electron chi connectivity index (χ4n) is 2.23. The second-order valence-corrected chi connectivity index (χ2v) is 6.02. The molecule has 1 saturated carbocycles. The van der Waals surface area contributed by atoms with Gasteiger partial charge >= 0.3 is 0 Å². The Bertz CT molecular complexity index is 123. The van der Waals surface area contributed by atoms with Crippen molar-refractivity contribution in [1.29, 1.82) is 0 Å². The van der Waals surface area contributed by atoms with E-state index in [1.54, 1.807) is 0 Å². The van der Waals surface area contributed by atoms with Crippen molar-refractivity contribution in [3.63, 3.8) is 0 Å². The minimum absolute atomic E-state index is 0.744. The van der Waals surface area contributed by atoms with Gasteiger partial charge in [0.25, 0.3) is 0 Å². The third-order valence-electron chi connectivity index (χ3n) is 3.29. The van der Waals surface area contributed by atoms with Crippen LogP contribution in [-0.4, -0.2) is 4.83 Å². The molecule has 0 aromatic rings. The van der Waals surface area contributed by atoms with Gasteiger partial charge in [0.2, 0.25) is 0 Å². The SMILES string of the molecule is CC(C)C(Br)CCCC1CCCC1. The molecule has 0 N–H and O–H groups in total. The van der Waals surface area contributed by atoms with Gasteiger partial charge in [0.15, 0.2) is 0 Å². The van der Waals surface area contributed by atoms with Crippen LogP contribution in [0.3, 0.4) is 0 Å². The van der Waals surface area contributed by atoms with Gasteiger partial charge in [0.05, 0.1) is 0 Å². The summed E-state index contributed by atoms with van der Waals surface area (Å²) in [5, 5.41) is 0. The first-order valence-electron chi connectivity index (χ1n) is 5.84. The molecule has 0 nitrogen and oxygen atoms in total. The smallest absolute Gasteiger partial charge is 0.0168 e. The Labute approximate surface area is 91.6 Å². The zero-order valence-electron chi connectivity index (χ0n) is 9.06. The number of rotatable bonds is 5. The fourth-order valence-corrected chi connectivity index (χ4v) is 2.56. The van der Waals surface area contributed by atoms with Crippen molar-refractivity contribution >= 4 is 15.9 Å². The summed E-state index contributed by atoms with van der Waals surface area (Å²) >= 11 is 3.75. The minimum Gasteiger partial charge on any atom is -0.0888 e. The van der Waals surface area contributed by atoms with Crippen LogP contribution in [0.2, 0.25) is 0 Å². The van der Waals surface area contributed by atoms with Gasteiger partial charge in [-0.1, -0.05) is 68.3 Å². The molecule has 0 amide bonds. The van der Waals surface area contributed by atoms with Gasteiger partial charge in [-0.25, -0.2) is 0 Å². The summed E-state index contributed by atoms with van der Waals surface area (Å²) < 4.78 is 0. The van der Waals surface area contributed by atoms with Crippen molar-refractivity contribution in [2.75, 3.05) is 0 Å². The van der Waals surface area contributed by atoms with E-state index in [2.05, 4.69) is 29.8 Å². The maximum Gasteiger partial charge on any atom is 0.0168 e. The normalized spacial score (nSPS) is 21.2. The average Bonchev–Trinajstić information content (AvgIpc) is 2.56. The fraction of sp³-hybridized carbons (Fsp3) is 1.00. The van der Waals surface area contributed by atoms with Crippen LogP contribution in [0.15, 0.2) is 0 Å². The number of alkyl halides is 1. The monoisotopic (exact) mass is 246 g/mol. The second-order valence-electron chi connectivity index (χ2n) is 4.84. The topological polar surface area (TPSA) is 0 Å². The molecule has 0 aliphatic heterocycles. The molecule has 0 aromatic carbocycles. The van der Waals surface area contributed by atoms with Gasteiger partial charge in [0, 0.05) is 4.83 Å². The highest BCUT2D eigenvalue weighted by Crippen LogP contribution is 2.30. The first-order chi connectivity index (χ1) is 6.20. The molecule has 1 aliphatic rings. The Morgan fingerprint density at radius 1 is 1.23 bits per heavy atom. The van der Waals surface area contributed by atoms with Crippen molar-refractivity contribution in [2.45, 2.75) is 63.6 Å². The molecular formula is C12H23Br. The van der Waals surface area contributed by atoms with E-state index in [0.29, 0.717) is 0 Å². The van der Waals surface area contributed by atoms with E-state index >= 15 is 0 Å². The molecule has 1 unspecified atom stereocenters. The van der Waals surface area contributed by atoms with E-state index in [1.807, 2.05) is 0 Å². The van der Waals surface area contributed by atoms with Crippen molar-refractivity contribution in [2.24, 2.45) is 11.8 Å². The standard InChI is InChI=1S/C12H23Br/c1-10(2)12(13)9-5-8-11-6-3-4-7-11/h10-12H,3-9H2,1-2H3. The summed E-state index contributed by atoms with van der Waals surface area (Å²) in [6.07, 6.45) is 10.3. The summed E-state index contributed by atoms with van der Waals surface area (Å²) in [4.78, 5) is 0.744. The maximum absolute atomic E-state index is 3.75. The van der Waals surface area contributed by atoms with E-state index in [9.17, 15) is 0 Å². The van der Waals surface area contributed by atoms with Crippen LogP contribution in [0.4, 0.5) is 0 Å². The maximum atomic E-state index is 3.75. The zero-order valence-corrected chi connectivity index (χ0v) is 10.6. The van der Waals surface area contributed by atoms with Crippen LogP contribution in [0.25, 0.3) is 0 Å². The highest BCUT2D eigenvalue weighted by molar-refractivity contribution is 9.09. The lowest BCUT2D eigenvalue weighted by molar-refractivity contribution is 0.454. The van der Waals surface area contributed by atoms with Gasteiger partial charge in [-0.2, -0.15) is 0 Å². The zero-order chi connectivity index (χ0) is 9.68. The first-order valence-corrected chi connectivity index (χ1v) is 6.75. The summed E-state index contributed by atoms with van der Waals surface area (Å²) in [6, 6.07) is 0. The van der Waals surface area contributed by atoms with Gasteiger partial charge in [-0.15, -0.1) is 0 Å². The third-order valence-corrected chi connectivity index (χ3v) is 4.81. The molecule has 0 bridgehead atoms. The van der Waals surface area contributed by atoms with Gasteiger partial charge < -0.3 is 0 Å². The molecule has 13 heavy (non-hydrogen) atoms. The van der Waals surface area contributed by atoms with E-state index in [-0.39, 0.29) is 0 Å². The summed E-state index contributed by atoms with van der Waals surface area (Å²) in [7, 11) is 0. The molecule has 1 atom stereocenters. The molecule has 0 aromatic heterocycles. The van der Waals surface area contributed by atoms with Crippen LogP contribution in [0.5, 0.6) is 0 Å². The lowest BCUT2D eigenvalue weighted by atomic mass is 9.98. The summed E-state index contributed by atoms with van der Waals surface area (Å²) in [5.41, 5.74) is 0. The molecule has 0 saturated heterocycles. The lowest BCUT2D eigenvalue weighted by Crippen LogP contribution is -2.07. The molecule has 1 aliphatic carbocycles. The highest BCUT2D eigenvalue weighted by Gasteiger charge is 2.15. The Hall–Kier alpha value is 0.480. The number of hydrogen-bond acceptors (Lipinski definition) is 0. The summed E-state index contributed by atoms with van der Waals surface area (Å²) in [6.45, 7) is 4.60. The quantitative estimate of drug-likeness (QED) is 0.614. The number of hydrogen-bond donors (Lipinski definition) is 0. The van der Waals surface area contributed by atoms with Crippen molar-refractivity contribution < 1.29 is 0 Å². The Morgan fingerprint density at radius 3 is 2.38 bits per heavy atom. The molecule has 0 spiro atoms. The van der Waals surface area contributed by atoms with Gasteiger partial charge in [-0.3, -0.25) is 0 Å². The second kappa shape index (κ2) is 6.06. The third kappa shape index (κ3) is 4.49. The van der Waals surface area contributed by atoms with E-state index in [0.717, 1.165) is 16.7 Å². The average molecular weight is 247 g/mol. The molecular weight excluding hydrogens is 224 g/mol. The molecule has 78 valence electrons. The molecule has 1 fully saturated rings. The van der Waals surface area contributed by atoms with Crippen LogP contribution < -0.4 is 0 Å². The van der Waals surface area contributed by atoms with Crippen LogP contribution in [-0.2, 0) is 0 Å². The lowest BCUT2D eigenvalue weighted by Gasteiger charge is -2.14. The predicted molar refractivity (Wildman–Crippen MR) is 63.4 cm³/mol. The first kappa shape index (κ1) is 11.6. The van der Waals surface area contributed by atoms with Crippen molar-refractivity contribution in [3.05, 3.63) is 0 Å². The van der Waals surface area contributed by atoms with Crippen LogP contribution >= 0.6 is 15.9 Å². The molecule has 1 rings (SSSR count). The highest BCUT2D eigenvalue weighted by atomic mass is 79.9. The van der Waals surface area contributed by atoms with E-state index in [4.69, 9.17) is 0 Å². The molecule has 0 radical (unpaired) electrons. The van der Waals surface area contributed by atoms with Gasteiger partial charge in [0.1, 0.15) is 0 Å². The van der Waals surface area contributed by atoms with Crippen molar-refractivity contribution in [1.82, 2.24) is 0 Å². The molecule has 0 heterocycles. The minimum atomic E-state index is 0.744. The van der Waals surface area contributed by atoms with Crippen LogP contribution in [0.1, 0.15) is 58.8 Å². The van der Waals surface area contributed by atoms with E-state index < -0.39 is 0 Å². The predicted octanol–water partition coefficient (Wildman–Crippen LogP) is 4.77. The van der Waals surface area contributed by atoms with Gasteiger partial charge in [-0.05, 0) is 18.3 Å². The van der Waals surface area contributed by atoms with E-state index in [1.165, 1.54) is 44.9 Å². The number of halogens is 1. The Morgan fingerprint density at radius 2 is 1.85 bits per heavy atom. The largest absolute Gasteiger partial charge is 0.0888 e. The summed E-state index contributed by atoms with van der Waals surface area (Å²) in [5.74, 6) is 1.87. The van der Waals surface area contributed by atoms with Crippen molar-refractivity contribution in [3.8, 4) is 0 Å². The Kier molecular flexibility index (Phi) is 5.38.